The Labute approximate surface area is 259 Å². The van der Waals surface area contributed by atoms with Gasteiger partial charge in [-0.2, -0.15) is 0 Å². The van der Waals surface area contributed by atoms with E-state index >= 15 is 0 Å². The number of rotatable bonds is 12. The summed E-state index contributed by atoms with van der Waals surface area (Å²) < 4.78 is 26.0. The predicted octanol–water partition coefficient (Wildman–Crippen LogP) is 3.89. The number of hydrogen-bond donors (Lipinski definition) is 3. The molecule has 0 aliphatic heterocycles. The maximum atomic E-state index is 14.3. The number of hydrogen-bond acceptors (Lipinski definition) is 8. The zero-order chi connectivity index (χ0) is 31.8. The number of thioether (sulfide) groups is 2. The number of carboxylic acids is 1. The van der Waals surface area contributed by atoms with Crippen LogP contribution in [0.1, 0.15) is 43.9 Å². The number of carbonyl (C=O) groups excluding carboxylic acids is 4. The van der Waals surface area contributed by atoms with Gasteiger partial charge in [-0.3, -0.25) is 23.4 Å². The maximum absolute atomic E-state index is 14.3. The molecule has 2 amide bonds. The van der Waals surface area contributed by atoms with Crippen LogP contribution in [0.2, 0.25) is 0 Å². The summed E-state index contributed by atoms with van der Waals surface area (Å²) in [6.45, 7) is 4.22. The van der Waals surface area contributed by atoms with Crippen molar-refractivity contribution in [2.75, 3.05) is 17.8 Å². The lowest BCUT2D eigenvalue weighted by molar-refractivity contribution is -0.140. The number of allylic oxidation sites excluding steroid dienone is 3. The molecule has 0 saturated carbocycles. The van der Waals surface area contributed by atoms with Gasteiger partial charge in [0, 0.05) is 53.7 Å². The second-order valence-electron chi connectivity index (χ2n) is 9.71. The first-order valence-electron chi connectivity index (χ1n) is 13.0. The van der Waals surface area contributed by atoms with E-state index in [1.54, 1.807) is 24.5 Å². The highest BCUT2D eigenvalue weighted by Gasteiger charge is 2.28. The van der Waals surface area contributed by atoms with Crippen molar-refractivity contribution in [1.29, 1.82) is 0 Å². The second-order valence-corrected chi connectivity index (χ2v) is 13.2. The van der Waals surface area contributed by atoms with Crippen LogP contribution in [0, 0.1) is 5.82 Å². The summed E-state index contributed by atoms with van der Waals surface area (Å²) >= 11 is 1.47. The Bertz CT molecular complexity index is 1540. The molecule has 9 nitrogen and oxygen atoms in total. The normalized spacial score (nSPS) is 15.4. The van der Waals surface area contributed by atoms with E-state index in [9.17, 15) is 37.7 Å². The highest BCUT2D eigenvalue weighted by molar-refractivity contribution is 8.15. The van der Waals surface area contributed by atoms with Crippen LogP contribution in [0.15, 0.2) is 52.9 Å². The molecule has 2 aromatic rings. The zero-order valence-electron chi connectivity index (χ0n) is 23.9. The largest absolute Gasteiger partial charge is 0.480 e. The fourth-order valence-corrected chi connectivity index (χ4v) is 6.73. The van der Waals surface area contributed by atoms with E-state index in [1.807, 2.05) is 25.1 Å². The Balaban J connectivity index is 1.76. The number of fused-ring (bicyclic) bond motifs is 1. The van der Waals surface area contributed by atoms with Crippen molar-refractivity contribution in [2.45, 2.75) is 44.2 Å². The molecule has 0 aromatic heterocycles. The SMILES string of the molecule is CC(=O)NC(CSC(=O)C(CSC(=O)CC1=C(C)C(=Cc2ccc(S(C)=O)cc2)c2ccc(F)cc21)NC(C)=O)C(=O)O. The Hall–Kier alpha value is -3.55. The topological polar surface area (TPSA) is 147 Å². The maximum Gasteiger partial charge on any atom is 0.327 e. The second kappa shape index (κ2) is 15.3. The molecule has 43 heavy (non-hydrogen) atoms. The van der Waals surface area contributed by atoms with Gasteiger partial charge in [0.1, 0.15) is 17.9 Å². The van der Waals surface area contributed by atoms with Crippen molar-refractivity contribution in [3.63, 3.8) is 0 Å². The number of aliphatic carboxylic acids is 1. The van der Waals surface area contributed by atoms with Crippen molar-refractivity contribution >= 4 is 79.6 Å². The predicted molar refractivity (Wildman–Crippen MR) is 168 cm³/mol. The third-order valence-corrected chi connectivity index (χ3v) is 9.41. The number of amides is 2. The highest BCUT2D eigenvalue weighted by atomic mass is 32.2. The summed E-state index contributed by atoms with van der Waals surface area (Å²) in [7, 11) is -1.12. The average Bonchev–Trinajstić information content (AvgIpc) is 3.17. The van der Waals surface area contributed by atoms with Gasteiger partial charge in [-0.25, -0.2) is 9.18 Å². The summed E-state index contributed by atoms with van der Waals surface area (Å²) in [5, 5.41) is 13.1. The number of carboxylic acid groups (broad SMARTS) is 1. The minimum Gasteiger partial charge on any atom is -0.480 e. The van der Waals surface area contributed by atoms with Gasteiger partial charge in [0.25, 0.3) is 0 Å². The minimum atomic E-state index is -1.31. The van der Waals surface area contributed by atoms with Gasteiger partial charge in [0.05, 0.1) is 0 Å². The minimum absolute atomic E-state index is 0.0597. The first kappa shape index (κ1) is 33.9. The number of halogens is 1. The lowest BCUT2D eigenvalue weighted by atomic mass is 10.0. The van der Waals surface area contributed by atoms with Crippen LogP contribution in [0.25, 0.3) is 17.2 Å². The monoisotopic (exact) mass is 646 g/mol. The quantitative estimate of drug-likeness (QED) is 0.313. The third kappa shape index (κ3) is 9.47. The van der Waals surface area contributed by atoms with E-state index in [1.165, 1.54) is 19.1 Å². The lowest BCUT2D eigenvalue weighted by Gasteiger charge is -2.17. The first-order valence-corrected chi connectivity index (χ1v) is 16.5. The molecule has 3 rings (SSSR count). The molecule has 1 aliphatic carbocycles. The van der Waals surface area contributed by atoms with Crippen LogP contribution in [0.3, 0.4) is 0 Å². The molecule has 0 saturated heterocycles. The number of carbonyl (C=O) groups is 5. The molecule has 2 aromatic carbocycles. The van der Waals surface area contributed by atoms with Crippen LogP contribution >= 0.6 is 23.5 Å². The molecular weight excluding hydrogens is 616 g/mol. The van der Waals surface area contributed by atoms with Gasteiger partial charge in [-0.05, 0) is 70.7 Å². The van der Waals surface area contributed by atoms with Gasteiger partial charge in [0.2, 0.25) is 16.9 Å². The average molecular weight is 647 g/mol. The summed E-state index contributed by atoms with van der Waals surface area (Å²) in [4.78, 5) is 61.0. The molecular formula is C30H31FN2O7S3. The molecule has 3 N–H and O–H groups in total. The zero-order valence-corrected chi connectivity index (χ0v) is 26.3. The molecule has 13 heteroatoms. The van der Waals surface area contributed by atoms with E-state index in [0.29, 0.717) is 27.8 Å². The van der Waals surface area contributed by atoms with Crippen molar-refractivity contribution in [2.24, 2.45) is 0 Å². The van der Waals surface area contributed by atoms with Crippen LogP contribution < -0.4 is 10.6 Å². The van der Waals surface area contributed by atoms with E-state index in [0.717, 1.165) is 41.0 Å². The summed E-state index contributed by atoms with van der Waals surface area (Å²) in [6.07, 6.45) is 3.46. The molecule has 1 aliphatic rings. The molecule has 3 atom stereocenters. The lowest BCUT2D eigenvalue weighted by Crippen LogP contribution is -2.44. The number of nitrogens with one attached hydrogen (secondary N) is 2. The van der Waals surface area contributed by atoms with Gasteiger partial charge >= 0.3 is 5.97 Å². The van der Waals surface area contributed by atoms with Crippen molar-refractivity contribution in [3.05, 3.63) is 70.5 Å². The highest BCUT2D eigenvalue weighted by Crippen LogP contribution is 2.44. The summed E-state index contributed by atoms with van der Waals surface area (Å²) in [5.74, 6) is -3.19. The smallest absolute Gasteiger partial charge is 0.327 e. The van der Waals surface area contributed by atoms with Crippen molar-refractivity contribution in [3.8, 4) is 0 Å². The summed E-state index contributed by atoms with van der Waals surface area (Å²) in [5.41, 5.74) is 4.46. The van der Waals surface area contributed by atoms with E-state index in [-0.39, 0.29) is 23.0 Å². The Kier molecular flexibility index (Phi) is 12.0. The molecule has 0 bridgehead atoms. The van der Waals surface area contributed by atoms with Gasteiger partial charge in [-0.1, -0.05) is 41.7 Å². The fraction of sp³-hybridized carbons (Fsp3) is 0.300. The van der Waals surface area contributed by atoms with Crippen molar-refractivity contribution < 1.29 is 37.7 Å². The Morgan fingerprint density at radius 3 is 2.12 bits per heavy atom. The molecule has 228 valence electrons. The first-order chi connectivity index (χ1) is 20.3. The molecule has 0 heterocycles. The van der Waals surface area contributed by atoms with Crippen LogP contribution in [-0.2, 0) is 34.8 Å². The fourth-order valence-electron chi connectivity index (χ4n) is 4.38. The van der Waals surface area contributed by atoms with Gasteiger partial charge < -0.3 is 15.7 Å². The molecule has 3 unspecified atom stereocenters. The molecule has 0 spiro atoms. The van der Waals surface area contributed by atoms with E-state index < -0.39 is 51.6 Å². The standard InChI is InChI=1S/C30H31FN2O7S3/c1-16-23(11-19-5-8-21(9-6-19)43(4)40)22-10-7-20(31)12-25(22)24(16)13-28(36)41-15-27(33-18(3)35)30(39)42-14-26(29(37)38)32-17(2)34/h5-12,26-27H,13-15H2,1-4H3,(H,32,34)(H,33,35)(H,37,38). The van der Waals surface area contributed by atoms with Gasteiger partial charge in [-0.15, -0.1) is 0 Å². The molecule has 0 radical (unpaired) electrons. The third-order valence-electron chi connectivity index (χ3n) is 6.44. The van der Waals surface area contributed by atoms with E-state index in [4.69, 9.17) is 0 Å². The van der Waals surface area contributed by atoms with Crippen LogP contribution in [0.5, 0.6) is 0 Å². The van der Waals surface area contributed by atoms with Crippen LogP contribution in [0.4, 0.5) is 4.39 Å². The van der Waals surface area contributed by atoms with Crippen molar-refractivity contribution in [1.82, 2.24) is 10.6 Å². The Morgan fingerprint density at radius 2 is 1.53 bits per heavy atom. The Morgan fingerprint density at radius 1 is 0.930 bits per heavy atom. The number of benzene rings is 2. The van der Waals surface area contributed by atoms with E-state index in [2.05, 4.69) is 10.6 Å². The van der Waals surface area contributed by atoms with Crippen LogP contribution in [-0.4, -0.2) is 67.2 Å². The molecule has 0 fully saturated rings. The van der Waals surface area contributed by atoms with Gasteiger partial charge in [0.15, 0.2) is 5.12 Å². The summed E-state index contributed by atoms with van der Waals surface area (Å²) in [6, 6.07) is 9.24.